The van der Waals surface area contributed by atoms with E-state index in [-0.39, 0.29) is 5.57 Å². The quantitative estimate of drug-likeness (QED) is 0.209. The predicted octanol–water partition coefficient (Wildman–Crippen LogP) is 4.22. The lowest BCUT2D eigenvalue weighted by Crippen LogP contribution is -2.16. The lowest BCUT2D eigenvalue weighted by Gasteiger charge is -2.10. The van der Waals surface area contributed by atoms with Gasteiger partial charge in [0.25, 0.3) is 0 Å². The zero-order chi connectivity index (χ0) is 25.5. The van der Waals surface area contributed by atoms with Gasteiger partial charge in [-0.05, 0) is 68.0 Å². The van der Waals surface area contributed by atoms with E-state index in [1.54, 1.807) is 61.5 Å². The number of nitrogens with zero attached hydrogens (tertiary/aromatic N) is 2. The molecule has 0 saturated heterocycles. The highest BCUT2D eigenvalue weighted by Gasteiger charge is 2.20. The number of carbonyl (C=O) groups is 3. The van der Waals surface area contributed by atoms with Crippen molar-refractivity contribution in [2.75, 3.05) is 20.8 Å². The van der Waals surface area contributed by atoms with E-state index in [1.807, 2.05) is 17.6 Å². The number of nitriles is 1. The Hall–Kier alpha value is -4.64. The number of Topliss-reactive ketones (excluding diaryl/α,β-unsaturated/α-hetero) is 1. The van der Waals surface area contributed by atoms with Crippen molar-refractivity contribution in [2.45, 2.75) is 13.8 Å². The normalized spacial score (nSPS) is 10.9. The molecule has 178 valence electrons. The molecule has 35 heavy (non-hydrogen) atoms. The van der Waals surface area contributed by atoms with Crippen molar-refractivity contribution in [1.29, 1.82) is 5.26 Å². The summed E-state index contributed by atoms with van der Waals surface area (Å²) in [5.74, 6) is -1.08. The largest absolute Gasteiger partial charge is 0.497 e. The Bertz CT molecular complexity index is 1330. The first-order chi connectivity index (χ1) is 16.8. The maximum Gasteiger partial charge on any atom is 0.349 e. The van der Waals surface area contributed by atoms with E-state index in [2.05, 4.69) is 0 Å². The Balaban J connectivity index is 1.73. The number of aromatic nitrogens is 1. The Morgan fingerprint density at radius 3 is 2.23 bits per heavy atom. The van der Waals surface area contributed by atoms with Gasteiger partial charge in [0.05, 0.1) is 19.8 Å². The van der Waals surface area contributed by atoms with Crippen molar-refractivity contribution in [2.24, 2.45) is 0 Å². The molecule has 0 bridgehead atoms. The number of carbonyl (C=O) groups excluding carboxylic acids is 3. The third-order valence-electron chi connectivity index (χ3n) is 5.38. The number of hydrogen-bond donors (Lipinski definition) is 0. The molecule has 0 aliphatic rings. The monoisotopic (exact) mass is 472 g/mol. The summed E-state index contributed by atoms with van der Waals surface area (Å²) < 4.78 is 16.8. The lowest BCUT2D eigenvalue weighted by atomic mass is 10.1. The van der Waals surface area contributed by atoms with E-state index in [1.165, 1.54) is 20.3 Å². The maximum absolute atomic E-state index is 12.8. The minimum Gasteiger partial charge on any atom is -0.497 e. The fourth-order valence-corrected chi connectivity index (χ4v) is 3.60. The zero-order valence-corrected chi connectivity index (χ0v) is 19.8. The molecular formula is C27H24N2O6. The van der Waals surface area contributed by atoms with E-state index in [0.29, 0.717) is 28.1 Å². The molecular weight excluding hydrogens is 448 g/mol. The first kappa shape index (κ1) is 25.0. The van der Waals surface area contributed by atoms with Gasteiger partial charge in [-0.15, -0.1) is 0 Å². The minimum absolute atomic E-state index is 0.223. The van der Waals surface area contributed by atoms with Crippen molar-refractivity contribution in [1.82, 2.24) is 4.57 Å². The summed E-state index contributed by atoms with van der Waals surface area (Å²) in [6.07, 6.45) is 1.39. The summed E-state index contributed by atoms with van der Waals surface area (Å²) >= 11 is 0. The highest BCUT2D eigenvalue weighted by Crippen LogP contribution is 2.22. The molecule has 0 N–H and O–H groups in total. The molecule has 0 fully saturated rings. The Kier molecular flexibility index (Phi) is 7.85. The third-order valence-corrected chi connectivity index (χ3v) is 5.38. The number of aryl methyl sites for hydroxylation is 1. The predicted molar refractivity (Wildman–Crippen MR) is 128 cm³/mol. The summed E-state index contributed by atoms with van der Waals surface area (Å²) in [4.78, 5) is 36.9. The summed E-state index contributed by atoms with van der Waals surface area (Å²) in [5.41, 5.74) is 3.41. The first-order valence-electron chi connectivity index (χ1n) is 10.6. The topological polar surface area (TPSA) is 108 Å². The highest BCUT2D eigenvalue weighted by molar-refractivity contribution is 6.02. The van der Waals surface area contributed by atoms with Crippen molar-refractivity contribution >= 4 is 23.8 Å². The van der Waals surface area contributed by atoms with Gasteiger partial charge in [0.1, 0.15) is 17.4 Å². The molecule has 2 aromatic carbocycles. The molecule has 8 heteroatoms. The molecule has 0 saturated carbocycles. The van der Waals surface area contributed by atoms with Gasteiger partial charge < -0.3 is 18.8 Å². The van der Waals surface area contributed by atoms with Crippen LogP contribution in [0.15, 0.2) is 60.2 Å². The van der Waals surface area contributed by atoms with Crippen LogP contribution in [-0.2, 0) is 14.3 Å². The summed E-state index contributed by atoms with van der Waals surface area (Å²) in [5, 5.41) is 9.36. The fourth-order valence-electron chi connectivity index (χ4n) is 3.60. The molecule has 1 heterocycles. The molecule has 3 aromatic rings. The average Bonchev–Trinajstić information content (AvgIpc) is 3.19. The smallest absolute Gasteiger partial charge is 0.349 e. The number of hydrogen-bond acceptors (Lipinski definition) is 7. The van der Waals surface area contributed by atoms with Crippen LogP contribution in [0.2, 0.25) is 0 Å². The van der Waals surface area contributed by atoms with Gasteiger partial charge in [0, 0.05) is 22.6 Å². The van der Waals surface area contributed by atoms with Gasteiger partial charge in [-0.1, -0.05) is 12.1 Å². The number of methoxy groups -OCH3 is 2. The second kappa shape index (κ2) is 11.0. The van der Waals surface area contributed by atoms with E-state index in [9.17, 15) is 19.6 Å². The average molecular weight is 472 g/mol. The van der Waals surface area contributed by atoms with E-state index in [0.717, 1.165) is 11.4 Å². The van der Waals surface area contributed by atoms with Crippen molar-refractivity contribution in [3.05, 3.63) is 88.2 Å². The van der Waals surface area contributed by atoms with Crippen LogP contribution in [0.1, 0.15) is 37.7 Å². The van der Waals surface area contributed by atoms with Crippen molar-refractivity contribution in [3.8, 4) is 17.5 Å². The van der Waals surface area contributed by atoms with Gasteiger partial charge in [0.15, 0.2) is 6.61 Å². The standard InChI is InChI=1S/C27H24N2O6/c1-17-13-24(18(2)29(17)22-9-7-20(8-10-22)26(31)34-4)25(30)16-35-27(32)21(15-28)14-19-5-11-23(33-3)12-6-19/h5-14H,16H2,1-4H3. The first-order valence-corrected chi connectivity index (χ1v) is 10.6. The highest BCUT2D eigenvalue weighted by atomic mass is 16.5. The summed E-state index contributed by atoms with van der Waals surface area (Å²) in [6, 6.07) is 17.1. The summed E-state index contributed by atoms with van der Waals surface area (Å²) in [7, 11) is 2.85. The van der Waals surface area contributed by atoms with Gasteiger partial charge in [-0.3, -0.25) is 4.79 Å². The number of ether oxygens (including phenoxy) is 3. The van der Waals surface area contributed by atoms with E-state index in [4.69, 9.17) is 14.2 Å². The van der Waals surface area contributed by atoms with Crippen LogP contribution in [0.25, 0.3) is 11.8 Å². The third kappa shape index (κ3) is 5.65. The van der Waals surface area contributed by atoms with E-state index >= 15 is 0 Å². The number of ketones is 1. The molecule has 0 spiro atoms. The molecule has 1 aromatic heterocycles. The number of benzene rings is 2. The second-order valence-corrected chi connectivity index (χ2v) is 7.60. The van der Waals surface area contributed by atoms with Crippen molar-refractivity contribution in [3.63, 3.8) is 0 Å². The van der Waals surface area contributed by atoms with E-state index < -0.39 is 24.3 Å². The molecule has 0 aliphatic heterocycles. The van der Waals surface area contributed by atoms with Crippen LogP contribution < -0.4 is 4.74 Å². The van der Waals surface area contributed by atoms with Gasteiger partial charge >= 0.3 is 11.9 Å². The molecule has 3 rings (SSSR count). The molecule has 0 radical (unpaired) electrons. The second-order valence-electron chi connectivity index (χ2n) is 7.60. The molecule has 8 nitrogen and oxygen atoms in total. The Labute approximate surface area is 203 Å². The van der Waals surface area contributed by atoms with Crippen LogP contribution >= 0.6 is 0 Å². The number of esters is 2. The van der Waals surface area contributed by atoms with Gasteiger partial charge in [-0.25, -0.2) is 9.59 Å². The van der Waals surface area contributed by atoms with Crippen LogP contribution in [-0.4, -0.2) is 43.1 Å². The van der Waals surface area contributed by atoms with Crippen LogP contribution in [0, 0.1) is 25.2 Å². The zero-order valence-electron chi connectivity index (χ0n) is 19.8. The SMILES string of the molecule is COC(=O)c1ccc(-n2c(C)cc(C(=O)COC(=O)C(C#N)=Cc3ccc(OC)cc3)c2C)cc1. The molecule has 0 aliphatic carbocycles. The van der Waals surface area contributed by atoms with Crippen LogP contribution in [0.3, 0.4) is 0 Å². The Morgan fingerprint density at radius 2 is 1.66 bits per heavy atom. The number of rotatable bonds is 8. The lowest BCUT2D eigenvalue weighted by molar-refractivity contribution is -0.137. The Morgan fingerprint density at radius 1 is 1.00 bits per heavy atom. The molecule has 0 amide bonds. The van der Waals surface area contributed by atoms with Crippen LogP contribution in [0.5, 0.6) is 5.75 Å². The maximum atomic E-state index is 12.8. The van der Waals surface area contributed by atoms with Crippen molar-refractivity contribution < 1.29 is 28.6 Å². The molecule has 0 atom stereocenters. The summed E-state index contributed by atoms with van der Waals surface area (Å²) in [6.45, 7) is 3.11. The minimum atomic E-state index is -0.885. The van der Waals surface area contributed by atoms with Gasteiger partial charge in [0.2, 0.25) is 5.78 Å². The fraction of sp³-hybridized carbons (Fsp3) is 0.185. The van der Waals surface area contributed by atoms with Crippen LogP contribution in [0.4, 0.5) is 0 Å². The molecule has 0 unspecified atom stereocenters. The van der Waals surface area contributed by atoms with Gasteiger partial charge in [-0.2, -0.15) is 5.26 Å².